The number of phenols is 1. The number of halogens is 7. The van der Waals surface area contributed by atoms with E-state index in [1.807, 2.05) is 0 Å². The summed E-state index contributed by atoms with van der Waals surface area (Å²) in [7, 11) is 0. The molecule has 1 aromatic carbocycles. The normalized spacial score (nSPS) is 16.4. The summed E-state index contributed by atoms with van der Waals surface area (Å²) in [6, 6.07) is 0.303. The minimum atomic E-state index is -5.51. The number of ether oxygens (including phenoxy) is 1. The Morgan fingerprint density at radius 3 is 2.05 bits per heavy atom. The maximum atomic E-state index is 13.6. The second kappa shape index (κ2) is 4.42. The van der Waals surface area contributed by atoms with E-state index in [-0.39, 0.29) is 5.56 Å². The highest BCUT2D eigenvalue weighted by atomic mass is 19.4. The molecule has 0 atom stereocenters. The Labute approximate surface area is 107 Å². The monoisotopic (exact) mass is 304 g/mol. The van der Waals surface area contributed by atoms with Crippen molar-refractivity contribution < 1.29 is 40.6 Å². The molecule has 20 heavy (non-hydrogen) atoms. The molecule has 1 saturated carbocycles. The van der Waals surface area contributed by atoms with Gasteiger partial charge in [0.1, 0.15) is 5.56 Å². The van der Waals surface area contributed by atoms with Crippen molar-refractivity contribution in [2.75, 3.05) is 0 Å². The van der Waals surface area contributed by atoms with Gasteiger partial charge in [0.05, 0.1) is 0 Å². The predicted molar refractivity (Wildman–Crippen MR) is 51.7 cm³/mol. The fourth-order valence-electron chi connectivity index (χ4n) is 1.77. The molecule has 1 aromatic rings. The topological polar surface area (TPSA) is 29.5 Å². The van der Waals surface area contributed by atoms with Gasteiger partial charge in [-0.05, 0) is 24.8 Å². The van der Waals surface area contributed by atoms with Crippen LogP contribution in [0.5, 0.6) is 11.5 Å². The molecule has 0 radical (unpaired) electrons. The molecule has 1 aliphatic carbocycles. The van der Waals surface area contributed by atoms with Crippen molar-refractivity contribution >= 4 is 0 Å². The van der Waals surface area contributed by atoms with E-state index in [2.05, 4.69) is 4.74 Å². The highest BCUT2D eigenvalue weighted by Crippen LogP contribution is 2.50. The number of alkyl halides is 6. The molecule has 0 aromatic heterocycles. The van der Waals surface area contributed by atoms with E-state index < -0.39 is 41.3 Å². The Balaban J connectivity index is 2.61. The molecule has 2 rings (SSSR count). The number of hydrogen-bond donors (Lipinski definition) is 1. The van der Waals surface area contributed by atoms with Crippen LogP contribution in [0.2, 0.25) is 0 Å². The second-order valence-corrected chi connectivity index (χ2v) is 4.32. The molecule has 1 N–H and O–H groups in total. The molecular formula is C11H7F7O2. The third kappa shape index (κ3) is 2.91. The van der Waals surface area contributed by atoms with Gasteiger partial charge >= 0.3 is 12.5 Å². The number of hydrogen-bond acceptors (Lipinski definition) is 2. The molecule has 0 saturated heterocycles. The molecule has 0 bridgehead atoms. The lowest BCUT2D eigenvalue weighted by Gasteiger charge is -2.18. The first-order valence-electron chi connectivity index (χ1n) is 5.39. The maximum Gasteiger partial charge on any atom is 0.573 e. The van der Waals surface area contributed by atoms with Gasteiger partial charge in [0.15, 0.2) is 11.5 Å². The third-order valence-corrected chi connectivity index (χ3v) is 2.77. The van der Waals surface area contributed by atoms with Crippen molar-refractivity contribution in [2.24, 2.45) is 0 Å². The van der Waals surface area contributed by atoms with Crippen LogP contribution in [-0.4, -0.2) is 11.5 Å². The minimum Gasteiger partial charge on any atom is -0.505 e. The lowest BCUT2D eigenvalue weighted by molar-refractivity contribution is -0.277. The Morgan fingerprint density at radius 2 is 1.65 bits per heavy atom. The number of benzene rings is 1. The van der Waals surface area contributed by atoms with Crippen LogP contribution < -0.4 is 4.74 Å². The van der Waals surface area contributed by atoms with Crippen LogP contribution >= 0.6 is 0 Å². The van der Waals surface area contributed by atoms with Gasteiger partial charge < -0.3 is 9.84 Å². The van der Waals surface area contributed by atoms with E-state index in [9.17, 15) is 35.8 Å². The molecule has 0 spiro atoms. The Bertz CT molecular complexity index is 529. The van der Waals surface area contributed by atoms with E-state index in [4.69, 9.17) is 0 Å². The summed E-state index contributed by atoms with van der Waals surface area (Å²) < 4.78 is 90.9. The lowest BCUT2D eigenvalue weighted by Crippen LogP contribution is -2.21. The first-order valence-corrected chi connectivity index (χ1v) is 5.39. The Kier molecular flexibility index (Phi) is 3.26. The van der Waals surface area contributed by atoms with Crippen molar-refractivity contribution in [3.8, 4) is 11.5 Å². The van der Waals surface area contributed by atoms with Gasteiger partial charge in [-0.25, -0.2) is 0 Å². The molecule has 0 heterocycles. The van der Waals surface area contributed by atoms with Crippen LogP contribution in [0.25, 0.3) is 0 Å². The van der Waals surface area contributed by atoms with Gasteiger partial charge in [0, 0.05) is 5.56 Å². The fourth-order valence-corrected chi connectivity index (χ4v) is 1.77. The van der Waals surface area contributed by atoms with Crippen molar-refractivity contribution in [3.63, 3.8) is 0 Å². The minimum absolute atomic E-state index is 0.303. The highest BCUT2D eigenvalue weighted by molar-refractivity contribution is 5.51. The van der Waals surface area contributed by atoms with Gasteiger partial charge in [0.2, 0.25) is 5.82 Å². The summed E-state index contributed by atoms with van der Waals surface area (Å²) in [6.45, 7) is 0. The van der Waals surface area contributed by atoms with Gasteiger partial charge in [-0.2, -0.15) is 17.6 Å². The third-order valence-electron chi connectivity index (χ3n) is 2.77. The average Bonchev–Trinajstić information content (AvgIpc) is 3.05. The largest absolute Gasteiger partial charge is 0.573 e. The molecular weight excluding hydrogens is 297 g/mol. The van der Waals surface area contributed by atoms with Crippen molar-refractivity contribution in [1.29, 1.82) is 0 Å². The van der Waals surface area contributed by atoms with E-state index in [1.54, 1.807) is 0 Å². The van der Waals surface area contributed by atoms with E-state index >= 15 is 0 Å². The highest BCUT2D eigenvalue weighted by Gasteiger charge is 2.44. The Hall–Kier alpha value is -1.67. The maximum absolute atomic E-state index is 13.6. The van der Waals surface area contributed by atoms with Crippen LogP contribution in [0, 0.1) is 5.82 Å². The van der Waals surface area contributed by atoms with Crippen LogP contribution in [-0.2, 0) is 6.18 Å². The molecule has 2 nitrogen and oxygen atoms in total. The van der Waals surface area contributed by atoms with Crippen LogP contribution in [0.4, 0.5) is 30.7 Å². The van der Waals surface area contributed by atoms with Gasteiger partial charge in [-0.1, -0.05) is 0 Å². The zero-order valence-corrected chi connectivity index (χ0v) is 9.57. The first-order chi connectivity index (χ1) is 9.00. The Morgan fingerprint density at radius 1 is 1.10 bits per heavy atom. The smallest absolute Gasteiger partial charge is 0.505 e. The SMILES string of the molecule is Oc1c(C2CC2)cc(C(F)(F)F)c(OC(F)(F)F)c1F. The standard InChI is InChI=1S/C11H7F7O2/c12-7-8(19)5(4-1-2-4)3-6(10(13,14)15)9(7)20-11(16,17)18/h3-4,19H,1-2H2. The van der Waals surface area contributed by atoms with Crippen molar-refractivity contribution in [3.05, 3.63) is 23.0 Å². The summed E-state index contributed by atoms with van der Waals surface area (Å²) in [5.74, 6) is -5.84. The fraction of sp³-hybridized carbons (Fsp3) is 0.455. The van der Waals surface area contributed by atoms with Crippen LogP contribution in [0.1, 0.15) is 29.9 Å². The van der Waals surface area contributed by atoms with E-state index in [0.717, 1.165) is 0 Å². The molecule has 1 fully saturated rings. The number of phenolic OH excluding ortho intramolecular Hbond substituents is 1. The quantitative estimate of drug-likeness (QED) is 0.824. The molecule has 0 amide bonds. The molecule has 0 unspecified atom stereocenters. The predicted octanol–water partition coefficient (Wildman–Crippen LogP) is 4.33. The zero-order chi connectivity index (χ0) is 15.3. The zero-order valence-electron chi connectivity index (χ0n) is 9.57. The van der Waals surface area contributed by atoms with Crippen molar-refractivity contribution in [1.82, 2.24) is 0 Å². The molecule has 1 aliphatic rings. The summed E-state index contributed by atoms with van der Waals surface area (Å²) >= 11 is 0. The van der Waals surface area contributed by atoms with Crippen LogP contribution in [0.3, 0.4) is 0 Å². The second-order valence-electron chi connectivity index (χ2n) is 4.32. The summed E-state index contributed by atoms with van der Waals surface area (Å²) in [5, 5.41) is 9.39. The molecule has 9 heteroatoms. The number of aromatic hydroxyl groups is 1. The molecule has 0 aliphatic heterocycles. The van der Waals surface area contributed by atoms with Gasteiger partial charge in [-0.15, -0.1) is 13.2 Å². The average molecular weight is 304 g/mol. The first kappa shape index (κ1) is 14.7. The van der Waals surface area contributed by atoms with E-state index in [1.165, 1.54) is 0 Å². The number of rotatable bonds is 2. The van der Waals surface area contributed by atoms with Gasteiger partial charge in [-0.3, -0.25) is 0 Å². The van der Waals surface area contributed by atoms with Crippen molar-refractivity contribution in [2.45, 2.75) is 31.3 Å². The summed E-state index contributed by atoms with van der Waals surface area (Å²) in [4.78, 5) is 0. The molecule has 112 valence electrons. The summed E-state index contributed by atoms with van der Waals surface area (Å²) in [6.07, 6.45) is -9.87. The van der Waals surface area contributed by atoms with E-state index in [0.29, 0.717) is 18.9 Å². The van der Waals surface area contributed by atoms with Crippen LogP contribution in [0.15, 0.2) is 6.07 Å². The lowest BCUT2D eigenvalue weighted by atomic mass is 10.0. The summed E-state index contributed by atoms with van der Waals surface area (Å²) in [5.41, 5.74) is -2.25. The van der Waals surface area contributed by atoms with Gasteiger partial charge in [0.25, 0.3) is 0 Å².